The van der Waals surface area contributed by atoms with Crippen molar-refractivity contribution in [2.24, 2.45) is 0 Å². The lowest BCUT2D eigenvalue weighted by Crippen LogP contribution is -2.34. The number of esters is 1. The monoisotopic (exact) mass is 287 g/mol. The molecule has 0 heterocycles. The Hall–Kier alpha value is -1.53. The molecule has 0 aliphatic carbocycles. The highest BCUT2D eigenvalue weighted by molar-refractivity contribution is 5.71. The molecule has 0 radical (unpaired) electrons. The van der Waals surface area contributed by atoms with E-state index >= 15 is 0 Å². The molecule has 1 aromatic carbocycles. The number of benzene rings is 1. The third kappa shape index (κ3) is 4.86. The van der Waals surface area contributed by atoms with Crippen molar-refractivity contribution in [1.29, 1.82) is 0 Å². The normalized spacial score (nSPS) is 12.5. The van der Waals surface area contributed by atoms with Gasteiger partial charge in [-0.1, -0.05) is 13.0 Å². The van der Waals surface area contributed by atoms with Crippen LogP contribution in [0.4, 0.5) is 8.78 Å². The second-order valence-corrected chi connectivity index (χ2v) is 4.31. The molecule has 0 fully saturated rings. The fourth-order valence-corrected chi connectivity index (χ4v) is 1.81. The smallest absolute Gasteiger partial charge is 0.320 e. The number of carbonyl (C=O) groups is 1. The molecule has 0 bridgehead atoms. The second kappa shape index (κ2) is 7.91. The van der Waals surface area contributed by atoms with Gasteiger partial charge < -0.3 is 9.84 Å². The third-order valence-corrected chi connectivity index (χ3v) is 2.86. The van der Waals surface area contributed by atoms with Crippen LogP contribution in [0.15, 0.2) is 18.2 Å². The molecule has 0 aromatic heterocycles. The van der Waals surface area contributed by atoms with Crippen LogP contribution in [0, 0.1) is 11.6 Å². The van der Waals surface area contributed by atoms with E-state index in [1.54, 1.807) is 11.8 Å². The van der Waals surface area contributed by atoms with Crippen molar-refractivity contribution < 1.29 is 23.4 Å². The number of hydrogen-bond acceptors (Lipinski definition) is 4. The van der Waals surface area contributed by atoms with Gasteiger partial charge in [-0.3, -0.25) is 9.69 Å². The van der Waals surface area contributed by atoms with Crippen LogP contribution in [0.1, 0.15) is 25.5 Å². The van der Waals surface area contributed by atoms with E-state index in [0.717, 1.165) is 12.1 Å². The van der Waals surface area contributed by atoms with Gasteiger partial charge in [0.2, 0.25) is 0 Å². The van der Waals surface area contributed by atoms with Crippen molar-refractivity contribution in [3.8, 4) is 0 Å². The van der Waals surface area contributed by atoms with Crippen LogP contribution in [0.5, 0.6) is 0 Å². The van der Waals surface area contributed by atoms with E-state index in [2.05, 4.69) is 0 Å². The van der Waals surface area contributed by atoms with Gasteiger partial charge in [-0.25, -0.2) is 8.78 Å². The van der Waals surface area contributed by atoms with Gasteiger partial charge in [-0.15, -0.1) is 0 Å². The molecule has 1 aromatic rings. The lowest BCUT2D eigenvalue weighted by molar-refractivity contribution is -0.144. The Morgan fingerprint density at radius 1 is 1.40 bits per heavy atom. The molecule has 1 rings (SSSR count). The molecule has 0 saturated carbocycles. The minimum absolute atomic E-state index is 0.00806. The first-order valence-corrected chi connectivity index (χ1v) is 6.48. The van der Waals surface area contributed by atoms with E-state index in [1.807, 2.05) is 6.92 Å². The standard InChI is InChI=1S/C14H19F2NO3/c1-3-17(9-14(19)20-4-2)8-13(18)11-6-5-10(15)7-12(11)16/h5-7,13,18H,3-4,8-9H2,1-2H3. The number of halogens is 2. The Morgan fingerprint density at radius 2 is 2.10 bits per heavy atom. The van der Waals surface area contributed by atoms with Crippen LogP contribution < -0.4 is 0 Å². The average molecular weight is 287 g/mol. The first kappa shape index (κ1) is 16.5. The van der Waals surface area contributed by atoms with Crippen molar-refractivity contribution in [3.05, 3.63) is 35.4 Å². The lowest BCUT2D eigenvalue weighted by atomic mass is 10.1. The van der Waals surface area contributed by atoms with E-state index in [-0.39, 0.29) is 25.3 Å². The zero-order valence-corrected chi connectivity index (χ0v) is 11.6. The van der Waals surface area contributed by atoms with E-state index in [0.29, 0.717) is 6.54 Å². The zero-order chi connectivity index (χ0) is 15.1. The van der Waals surface area contributed by atoms with Crippen LogP contribution in [-0.2, 0) is 9.53 Å². The molecular formula is C14H19F2NO3. The van der Waals surface area contributed by atoms with Crippen LogP contribution in [0.2, 0.25) is 0 Å². The zero-order valence-electron chi connectivity index (χ0n) is 11.6. The van der Waals surface area contributed by atoms with Crippen molar-refractivity contribution in [2.45, 2.75) is 20.0 Å². The van der Waals surface area contributed by atoms with Gasteiger partial charge in [-0.2, -0.15) is 0 Å². The Balaban J connectivity index is 2.66. The molecule has 1 unspecified atom stereocenters. The van der Waals surface area contributed by atoms with E-state index in [9.17, 15) is 18.7 Å². The summed E-state index contributed by atoms with van der Waals surface area (Å²) in [5.41, 5.74) is 0.00806. The maximum absolute atomic E-state index is 13.5. The summed E-state index contributed by atoms with van der Waals surface area (Å²) >= 11 is 0. The molecule has 20 heavy (non-hydrogen) atoms. The second-order valence-electron chi connectivity index (χ2n) is 4.31. The van der Waals surface area contributed by atoms with Crippen molar-refractivity contribution in [2.75, 3.05) is 26.2 Å². The molecule has 1 N–H and O–H groups in total. The molecule has 1 atom stereocenters. The summed E-state index contributed by atoms with van der Waals surface area (Å²) < 4.78 is 31.1. The van der Waals surface area contributed by atoms with Crippen LogP contribution in [0.25, 0.3) is 0 Å². The Labute approximate surface area is 117 Å². The molecule has 0 spiro atoms. The fraction of sp³-hybridized carbons (Fsp3) is 0.500. The topological polar surface area (TPSA) is 49.8 Å². The van der Waals surface area contributed by atoms with E-state index in [1.165, 1.54) is 6.07 Å². The lowest BCUT2D eigenvalue weighted by Gasteiger charge is -2.23. The highest BCUT2D eigenvalue weighted by atomic mass is 19.1. The van der Waals surface area contributed by atoms with Gasteiger partial charge in [0, 0.05) is 18.2 Å². The van der Waals surface area contributed by atoms with Crippen molar-refractivity contribution in [1.82, 2.24) is 4.90 Å². The van der Waals surface area contributed by atoms with Gasteiger partial charge in [0.25, 0.3) is 0 Å². The molecule has 0 amide bonds. The third-order valence-electron chi connectivity index (χ3n) is 2.86. The maximum Gasteiger partial charge on any atom is 0.320 e. The number of carbonyl (C=O) groups excluding carboxylic acids is 1. The van der Waals surface area contributed by atoms with Gasteiger partial charge in [-0.05, 0) is 19.5 Å². The SMILES string of the molecule is CCOC(=O)CN(CC)CC(O)c1ccc(F)cc1F. The summed E-state index contributed by atoms with van der Waals surface area (Å²) in [7, 11) is 0. The number of hydrogen-bond donors (Lipinski definition) is 1. The molecule has 0 aliphatic heterocycles. The summed E-state index contributed by atoms with van der Waals surface area (Å²) in [5.74, 6) is -1.90. The summed E-state index contributed by atoms with van der Waals surface area (Å²) in [6, 6.07) is 3.01. The number of aliphatic hydroxyl groups is 1. The minimum Gasteiger partial charge on any atom is -0.465 e. The number of ether oxygens (including phenoxy) is 1. The predicted octanol–water partition coefficient (Wildman–Crippen LogP) is 1.88. The Bertz CT molecular complexity index is 454. The maximum atomic E-state index is 13.5. The largest absolute Gasteiger partial charge is 0.465 e. The first-order chi connectivity index (χ1) is 9.47. The van der Waals surface area contributed by atoms with Gasteiger partial charge in [0.05, 0.1) is 19.3 Å². The highest BCUT2D eigenvalue weighted by Gasteiger charge is 2.18. The van der Waals surface area contributed by atoms with Gasteiger partial charge in [0.15, 0.2) is 0 Å². The highest BCUT2D eigenvalue weighted by Crippen LogP contribution is 2.19. The number of rotatable bonds is 7. The molecule has 4 nitrogen and oxygen atoms in total. The molecule has 0 saturated heterocycles. The summed E-state index contributed by atoms with van der Waals surface area (Å²) in [6.45, 7) is 4.39. The Kier molecular flexibility index (Phi) is 6.54. The quantitative estimate of drug-likeness (QED) is 0.778. The molecular weight excluding hydrogens is 268 g/mol. The van der Waals surface area contributed by atoms with Crippen molar-refractivity contribution >= 4 is 5.97 Å². The number of likely N-dealkylation sites (N-methyl/N-ethyl adjacent to an activating group) is 1. The first-order valence-electron chi connectivity index (χ1n) is 6.48. The van der Waals surface area contributed by atoms with Crippen LogP contribution in [0.3, 0.4) is 0 Å². The van der Waals surface area contributed by atoms with Crippen LogP contribution >= 0.6 is 0 Å². The average Bonchev–Trinajstić information content (AvgIpc) is 2.37. The molecule has 112 valence electrons. The predicted molar refractivity (Wildman–Crippen MR) is 70.1 cm³/mol. The van der Waals surface area contributed by atoms with Crippen molar-refractivity contribution in [3.63, 3.8) is 0 Å². The fourth-order valence-electron chi connectivity index (χ4n) is 1.81. The van der Waals surface area contributed by atoms with Gasteiger partial charge in [0.1, 0.15) is 11.6 Å². The minimum atomic E-state index is -1.13. The van der Waals surface area contributed by atoms with E-state index < -0.39 is 23.7 Å². The number of nitrogens with zero attached hydrogens (tertiary/aromatic N) is 1. The summed E-state index contributed by atoms with van der Waals surface area (Å²) in [4.78, 5) is 13.0. The Morgan fingerprint density at radius 3 is 2.65 bits per heavy atom. The number of aliphatic hydroxyl groups excluding tert-OH is 1. The van der Waals surface area contributed by atoms with Gasteiger partial charge >= 0.3 is 5.97 Å². The summed E-state index contributed by atoms with van der Waals surface area (Å²) in [5, 5.41) is 9.98. The van der Waals surface area contributed by atoms with E-state index in [4.69, 9.17) is 4.74 Å². The molecule has 0 aliphatic rings. The molecule has 6 heteroatoms. The summed E-state index contributed by atoms with van der Waals surface area (Å²) in [6.07, 6.45) is -1.13. The van der Waals surface area contributed by atoms with Crippen LogP contribution in [-0.4, -0.2) is 42.2 Å².